The van der Waals surface area contributed by atoms with Crippen LogP contribution < -0.4 is 5.32 Å². The third-order valence-corrected chi connectivity index (χ3v) is 4.92. The lowest BCUT2D eigenvalue weighted by Crippen LogP contribution is -2.48. The lowest BCUT2D eigenvalue weighted by Gasteiger charge is -2.32. The van der Waals surface area contributed by atoms with Gasteiger partial charge < -0.3 is 25.0 Å². The number of nitrogens with one attached hydrogen (secondary N) is 1. The van der Waals surface area contributed by atoms with Gasteiger partial charge in [0.25, 0.3) is 0 Å². The summed E-state index contributed by atoms with van der Waals surface area (Å²) in [7, 11) is 0. The van der Waals surface area contributed by atoms with Crippen LogP contribution in [0.15, 0.2) is 12.2 Å². The molecule has 0 aliphatic heterocycles. The first-order valence-electron chi connectivity index (χ1n) is 9.79. The summed E-state index contributed by atoms with van der Waals surface area (Å²) >= 11 is 0. The molecule has 8 nitrogen and oxygen atoms in total. The maximum Gasteiger partial charge on any atom is 0.305 e. The Bertz CT molecular complexity index is 527. The summed E-state index contributed by atoms with van der Waals surface area (Å²) in [5, 5.41) is 20.3. The first-order chi connectivity index (χ1) is 13.2. The summed E-state index contributed by atoms with van der Waals surface area (Å²) in [6.45, 7) is 4.39. The number of rotatable bonds is 12. The molecule has 0 heterocycles. The molecule has 0 bridgehead atoms. The zero-order chi connectivity index (χ0) is 21.0. The maximum atomic E-state index is 12.9. The van der Waals surface area contributed by atoms with E-state index in [4.69, 9.17) is 19.7 Å². The van der Waals surface area contributed by atoms with Crippen LogP contribution in [0.2, 0.25) is 0 Å². The molecule has 1 amide bonds. The van der Waals surface area contributed by atoms with Gasteiger partial charge in [-0.2, -0.15) is 0 Å². The van der Waals surface area contributed by atoms with Gasteiger partial charge in [0.05, 0.1) is 45.3 Å². The van der Waals surface area contributed by atoms with Crippen molar-refractivity contribution in [3.63, 3.8) is 0 Å². The number of hydrogen-bond donors (Lipinski definition) is 3. The van der Waals surface area contributed by atoms with Gasteiger partial charge in [0.15, 0.2) is 0 Å². The molecule has 0 radical (unpaired) electrons. The average molecular weight is 399 g/mol. The molecule has 0 spiro atoms. The highest BCUT2D eigenvalue weighted by molar-refractivity contribution is 5.82. The van der Waals surface area contributed by atoms with Crippen molar-refractivity contribution in [1.29, 1.82) is 0 Å². The van der Waals surface area contributed by atoms with E-state index >= 15 is 0 Å². The first-order valence-corrected chi connectivity index (χ1v) is 9.79. The minimum atomic E-state index is -0.956. The molecule has 1 aliphatic carbocycles. The second kappa shape index (κ2) is 12.5. The molecular weight excluding hydrogens is 366 g/mol. The highest BCUT2D eigenvalue weighted by Gasteiger charge is 2.34. The van der Waals surface area contributed by atoms with E-state index in [-0.39, 0.29) is 45.2 Å². The molecule has 0 aromatic carbocycles. The van der Waals surface area contributed by atoms with Crippen molar-refractivity contribution in [3.05, 3.63) is 12.2 Å². The highest BCUT2D eigenvalue weighted by Crippen LogP contribution is 2.33. The summed E-state index contributed by atoms with van der Waals surface area (Å²) in [6, 6.07) is -0.467. The van der Waals surface area contributed by atoms with Gasteiger partial charge >= 0.3 is 11.9 Å². The second-order valence-electron chi connectivity index (χ2n) is 7.65. The largest absolute Gasteiger partial charge is 0.481 e. The monoisotopic (exact) mass is 399 g/mol. The Balaban J connectivity index is 2.61. The number of amides is 1. The van der Waals surface area contributed by atoms with Gasteiger partial charge in [-0.3, -0.25) is 14.4 Å². The molecule has 8 heteroatoms. The van der Waals surface area contributed by atoms with E-state index in [2.05, 4.69) is 24.4 Å². The summed E-state index contributed by atoms with van der Waals surface area (Å²) in [5.41, 5.74) is -0.501. The number of carbonyl (C=O) groups excluding carboxylic acids is 1. The fourth-order valence-electron chi connectivity index (χ4n) is 2.99. The zero-order valence-electron chi connectivity index (χ0n) is 16.8. The van der Waals surface area contributed by atoms with Crippen LogP contribution in [0.5, 0.6) is 0 Å². The van der Waals surface area contributed by atoms with Gasteiger partial charge in [-0.25, -0.2) is 0 Å². The van der Waals surface area contributed by atoms with Gasteiger partial charge in [0, 0.05) is 5.41 Å². The lowest BCUT2D eigenvalue weighted by atomic mass is 9.76. The molecule has 0 aromatic rings. The van der Waals surface area contributed by atoms with Gasteiger partial charge in [-0.05, 0) is 31.6 Å². The quantitative estimate of drug-likeness (QED) is 0.340. The number of aliphatic carboxylic acids is 2. The minimum Gasteiger partial charge on any atom is -0.481 e. The molecule has 2 atom stereocenters. The average Bonchev–Trinajstić information content (AvgIpc) is 2.62. The van der Waals surface area contributed by atoms with Crippen molar-refractivity contribution in [2.75, 3.05) is 26.4 Å². The number of carbonyl (C=O) groups is 3. The summed E-state index contributed by atoms with van der Waals surface area (Å²) in [5.74, 6) is -1.56. The molecule has 3 N–H and O–H groups in total. The van der Waals surface area contributed by atoms with Gasteiger partial charge in [0.2, 0.25) is 5.91 Å². The van der Waals surface area contributed by atoms with Crippen LogP contribution in [0.4, 0.5) is 0 Å². The van der Waals surface area contributed by atoms with Crippen molar-refractivity contribution in [3.8, 4) is 0 Å². The van der Waals surface area contributed by atoms with E-state index in [0.29, 0.717) is 5.92 Å². The van der Waals surface area contributed by atoms with Crippen LogP contribution >= 0.6 is 0 Å². The SMILES string of the molecule is CC1C=CCCC(C)(C(=O)NC(COCCC(=O)O)COCCC(=O)O)CC1. The van der Waals surface area contributed by atoms with Crippen molar-refractivity contribution >= 4 is 17.8 Å². The van der Waals surface area contributed by atoms with Crippen LogP contribution in [0.1, 0.15) is 52.4 Å². The highest BCUT2D eigenvalue weighted by atomic mass is 16.5. The predicted molar refractivity (Wildman–Crippen MR) is 103 cm³/mol. The Labute approximate surface area is 166 Å². The van der Waals surface area contributed by atoms with Crippen LogP contribution in [0.25, 0.3) is 0 Å². The van der Waals surface area contributed by atoms with Crippen LogP contribution in [-0.2, 0) is 23.9 Å². The van der Waals surface area contributed by atoms with Crippen molar-refractivity contribution in [2.24, 2.45) is 11.3 Å². The number of hydrogen-bond acceptors (Lipinski definition) is 5. The topological polar surface area (TPSA) is 122 Å². The van der Waals surface area contributed by atoms with Gasteiger partial charge in [-0.1, -0.05) is 26.0 Å². The molecule has 0 fully saturated rings. The van der Waals surface area contributed by atoms with E-state index in [1.807, 2.05) is 6.92 Å². The predicted octanol–water partition coefficient (Wildman–Crippen LogP) is 2.23. The Morgan fingerprint density at radius 2 is 1.68 bits per heavy atom. The van der Waals surface area contributed by atoms with Gasteiger partial charge in [-0.15, -0.1) is 0 Å². The lowest BCUT2D eigenvalue weighted by molar-refractivity contribution is -0.139. The maximum absolute atomic E-state index is 12.9. The molecule has 2 unspecified atom stereocenters. The summed E-state index contributed by atoms with van der Waals surface area (Å²) in [6.07, 6.45) is 7.35. The Morgan fingerprint density at radius 1 is 1.11 bits per heavy atom. The third kappa shape index (κ3) is 9.85. The van der Waals surface area contributed by atoms with Crippen molar-refractivity contribution in [2.45, 2.75) is 58.4 Å². The molecule has 0 saturated carbocycles. The molecule has 1 aliphatic rings. The second-order valence-corrected chi connectivity index (χ2v) is 7.65. The third-order valence-electron chi connectivity index (χ3n) is 4.92. The number of ether oxygens (including phenoxy) is 2. The fraction of sp³-hybridized carbons (Fsp3) is 0.750. The zero-order valence-corrected chi connectivity index (χ0v) is 16.8. The van der Waals surface area contributed by atoms with Crippen LogP contribution in [0.3, 0.4) is 0 Å². The smallest absolute Gasteiger partial charge is 0.305 e. The standard InChI is InChI=1S/C20H33NO7/c1-15-5-3-4-9-20(2,10-6-15)19(26)21-16(13-27-11-7-17(22)23)14-28-12-8-18(24)25/h3,5,15-16H,4,6-14H2,1-2H3,(H,21,26)(H,22,23)(H,24,25). The molecule has 0 aromatic heterocycles. The Hall–Kier alpha value is -1.93. The van der Waals surface area contributed by atoms with Crippen molar-refractivity contribution < 1.29 is 34.1 Å². The van der Waals surface area contributed by atoms with E-state index in [0.717, 1.165) is 25.7 Å². The number of carboxylic acid groups (broad SMARTS) is 2. The summed E-state index contributed by atoms with van der Waals surface area (Å²) < 4.78 is 10.7. The minimum absolute atomic E-state index is 0.0381. The molecule has 28 heavy (non-hydrogen) atoms. The fourth-order valence-corrected chi connectivity index (χ4v) is 2.99. The van der Waals surface area contributed by atoms with Crippen LogP contribution in [-0.4, -0.2) is 60.5 Å². The molecule has 0 saturated heterocycles. The number of carboxylic acids is 2. The van der Waals surface area contributed by atoms with E-state index in [1.165, 1.54) is 0 Å². The summed E-state index contributed by atoms with van der Waals surface area (Å²) in [4.78, 5) is 34.1. The van der Waals surface area contributed by atoms with Gasteiger partial charge in [0.1, 0.15) is 0 Å². The van der Waals surface area contributed by atoms with E-state index in [1.54, 1.807) is 0 Å². The molecule has 1 rings (SSSR count). The van der Waals surface area contributed by atoms with E-state index in [9.17, 15) is 14.4 Å². The molecular formula is C20H33NO7. The normalized spacial score (nSPS) is 22.5. The van der Waals surface area contributed by atoms with Crippen LogP contribution in [0, 0.1) is 11.3 Å². The Kier molecular flexibility index (Phi) is 10.8. The Morgan fingerprint density at radius 3 is 2.21 bits per heavy atom. The number of allylic oxidation sites excluding steroid dienone is 2. The van der Waals surface area contributed by atoms with Crippen molar-refractivity contribution in [1.82, 2.24) is 5.32 Å². The van der Waals surface area contributed by atoms with E-state index < -0.39 is 23.4 Å². The first kappa shape index (κ1) is 24.1. The molecule has 160 valence electrons.